The third kappa shape index (κ3) is 4.60. The van der Waals surface area contributed by atoms with E-state index in [-0.39, 0.29) is 18.0 Å². The van der Waals surface area contributed by atoms with E-state index in [2.05, 4.69) is 10.2 Å². The predicted molar refractivity (Wildman–Crippen MR) is 96.8 cm³/mol. The number of carbonyl (C=O) groups excluding carboxylic acids is 2. The van der Waals surface area contributed by atoms with Gasteiger partial charge in [-0.05, 0) is 12.1 Å². The monoisotopic (exact) mass is 370 g/mol. The zero-order valence-corrected chi connectivity index (χ0v) is 14.8. The third-order valence-corrected chi connectivity index (χ3v) is 4.68. The first kappa shape index (κ1) is 17.9. The van der Waals surface area contributed by atoms with Crippen molar-refractivity contribution in [2.24, 2.45) is 5.73 Å². The minimum atomic E-state index is -0.397. The molecule has 0 saturated carbocycles. The lowest BCUT2D eigenvalue weighted by Crippen LogP contribution is -2.14. The molecule has 0 aliphatic carbocycles. The number of hydrogen-bond acceptors (Lipinski definition) is 6. The number of thioether (sulfide) groups is 1. The molecule has 0 unspecified atom stereocenters. The summed E-state index contributed by atoms with van der Waals surface area (Å²) in [6.45, 7) is 0.427. The average molecular weight is 370 g/mol. The van der Waals surface area contributed by atoms with Crippen LogP contribution in [0.15, 0.2) is 58.3 Å². The predicted octanol–water partition coefficient (Wildman–Crippen LogP) is 2.31. The van der Waals surface area contributed by atoms with Gasteiger partial charge in [-0.25, -0.2) is 0 Å². The third-order valence-electron chi connectivity index (χ3n) is 3.71. The molecule has 2 heterocycles. The van der Waals surface area contributed by atoms with Crippen LogP contribution in [0.25, 0.3) is 0 Å². The summed E-state index contributed by atoms with van der Waals surface area (Å²) in [4.78, 5) is 23.4. The lowest BCUT2D eigenvalue weighted by molar-refractivity contribution is -0.118. The van der Waals surface area contributed by atoms with E-state index in [9.17, 15) is 9.59 Å². The maximum atomic E-state index is 12.3. The van der Waals surface area contributed by atoms with Crippen LogP contribution in [0.5, 0.6) is 0 Å². The molecule has 1 aromatic carbocycles. The van der Waals surface area contributed by atoms with Crippen LogP contribution >= 0.6 is 11.8 Å². The Morgan fingerprint density at radius 3 is 2.62 bits per heavy atom. The zero-order chi connectivity index (χ0) is 18.4. The molecule has 0 bridgehead atoms. The molecule has 2 aromatic heterocycles. The van der Waals surface area contributed by atoms with Crippen LogP contribution in [0, 0.1) is 0 Å². The van der Waals surface area contributed by atoms with Gasteiger partial charge in [0.25, 0.3) is 0 Å². The minimum Gasteiger partial charge on any atom is -0.467 e. The molecule has 0 radical (unpaired) electrons. The smallest absolute Gasteiger partial charge is 0.217 e. The highest BCUT2D eigenvalue weighted by Gasteiger charge is 2.16. The molecule has 0 spiro atoms. The summed E-state index contributed by atoms with van der Waals surface area (Å²) in [5.74, 6) is 1.24. The second-order valence-electron chi connectivity index (χ2n) is 5.61. The largest absolute Gasteiger partial charge is 0.467 e. The highest BCUT2D eigenvalue weighted by Crippen LogP contribution is 2.21. The molecule has 8 heteroatoms. The Bertz CT molecular complexity index is 875. The summed E-state index contributed by atoms with van der Waals surface area (Å²) in [5, 5.41) is 8.92. The summed E-state index contributed by atoms with van der Waals surface area (Å²) in [6, 6.07) is 12.8. The summed E-state index contributed by atoms with van der Waals surface area (Å²) in [5.41, 5.74) is 5.89. The molecule has 3 aromatic rings. The lowest BCUT2D eigenvalue weighted by Gasteiger charge is -2.08. The maximum Gasteiger partial charge on any atom is 0.217 e. The molecule has 2 N–H and O–H groups in total. The van der Waals surface area contributed by atoms with Crippen LogP contribution in [0.4, 0.5) is 0 Å². The molecule has 0 saturated heterocycles. The van der Waals surface area contributed by atoms with Crippen molar-refractivity contribution in [3.05, 3.63) is 65.9 Å². The zero-order valence-electron chi connectivity index (χ0n) is 14.0. The Labute approximate surface area is 154 Å². The summed E-state index contributed by atoms with van der Waals surface area (Å²) < 4.78 is 7.25. The quantitative estimate of drug-likeness (QED) is 0.458. The van der Waals surface area contributed by atoms with Gasteiger partial charge < -0.3 is 10.2 Å². The number of amides is 1. The molecule has 0 fully saturated rings. The molecule has 3 rings (SSSR count). The van der Waals surface area contributed by atoms with Crippen molar-refractivity contribution in [1.29, 1.82) is 0 Å². The fraction of sp³-hybridized carbons (Fsp3) is 0.222. The fourth-order valence-corrected chi connectivity index (χ4v) is 3.25. The van der Waals surface area contributed by atoms with Gasteiger partial charge >= 0.3 is 0 Å². The molecular weight excluding hydrogens is 352 g/mol. The molecule has 7 nitrogen and oxygen atoms in total. The number of nitrogens with zero attached hydrogens (tertiary/aromatic N) is 3. The molecule has 1 amide bonds. The summed E-state index contributed by atoms with van der Waals surface area (Å²) >= 11 is 1.31. The maximum absolute atomic E-state index is 12.3. The Balaban J connectivity index is 1.74. The normalized spacial score (nSPS) is 10.8. The number of Topliss-reactive ketones (excluding diaryl/α,β-unsaturated/α-hetero) is 1. The van der Waals surface area contributed by atoms with Gasteiger partial charge in [-0.1, -0.05) is 42.1 Å². The SMILES string of the molecule is NC(=O)CCc1nnc(SCC(=O)c2ccccc2)n1Cc1ccco1. The van der Waals surface area contributed by atoms with Gasteiger partial charge in [-0.2, -0.15) is 0 Å². The first-order valence-electron chi connectivity index (χ1n) is 8.07. The van der Waals surface area contributed by atoms with Gasteiger partial charge in [0.1, 0.15) is 11.6 Å². The number of carbonyl (C=O) groups is 2. The van der Waals surface area contributed by atoms with Gasteiger partial charge in [-0.3, -0.25) is 14.2 Å². The van der Waals surface area contributed by atoms with Gasteiger partial charge in [0.05, 0.1) is 18.6 Å². The average Bonchev–Trinajstić information content (AvgIpc) is 3.29. The van der Waals surface area contributed by atoms with Crippen molar-refractivity contribution in [3.8, 4) is 0 Å². The summed E-state index contributed by atoms with van der Waals surface area (Å²) in [6.07, 6.45) is 2.16. The van der Waals surface area contributed by atoms with Crippen LogP contribution < -0.4 is 5.73 Å². The van der Waals surface area contributed by atoms with E-state index in [0.717, 1.165) is 5.76 Å². The molecule has 0 aliphatic heterocycles. The highest BCUT2D eigenvalue weighted by molar-refractivity contribution is 7.99. The van der Waals surface area contributed by atoms with E-state index in [1.165, 1.54) is 11.8 Å². The number of nitrogens with two attached hydrogens (primary N) is 1. The van der Waals surface area contributed by atoms with Crippen molar-refractivity contribution in [3.63, 3.8) is 0 Å². The second-order valence-corrected chi connectivity index (χ2v) is 6.55. The fourth-order valence-electron chi connectivity index (χ4n) is 2.40. The van der Waals surface area contributed by atoms with Crippen molar-refractivity contribution in [2.45, 2.75) is 24.5 Å². The molecular formula is C18H18N4O3S. The minimum absolute atomic E-state index is 0.0156. The Hall–Kier alpha value is -2.87. The standard InChI is InChI=1S/C18H18N4O3S/c19-16(24)8-9-17-20-21-18(22(17)11-14-7-4-10-25-14)26-12-15(23)13-5-2-1-3-6-13/h1-7,10H,8-9,11-12H2,(H2,19,24). The van der Waals surface area contributed by atoms with Gasteiger partial charge in [0.15, 0.2) is 10.9 Å². The van der Waals surface area contributed by atoms with Crippen LogP contribution in [0.2, 0.25) is 0 Å². The Morgan fingerprint density at radius 2 is 1.92 bits per heavy atom. The number of benzene rings is 1. The number of aryl methyl sites for hydroxylation is 1. The van der Waals surface area contributed by atoms with E-state index in [1.54, 1.807) is 24.5 Å². The van der Waals surface area contributed by atoms with Gasteiger partial charge in [-0.15, -0.1) is 10.2 Å². The van der Waals surface area contributed by atoms with Gasteiger partial charge in [0, 0.05) is 18.4 Å². The molecule has 26 heavy (non-hydrogen) atoms. The van der Waals surface area contributed by atoms with Crippen LogP contribution in [0.3, 0.4) is 0 Å². The van der Waals surface area contributed by atoms with E-state index < -0.39 is 5.91 Å². The van der Waals surface area contributed by atoms with Crippen LogP contribution in [-0.4, -0.2) is 32.2 Å². The number of hydrogen-bond donors (Lipinski definition) is 1. The number of furan rings is 1. The van der Waals surface area contributed by atoms with E-state index in [1.807, 2.05) is 28.8 Å². The van der Waals surface area contributed by atoms with Crippen LogP contribution in [-0.2, 0) is 17.8 Å². The van der Waals surface area contributed by atoms with Crippen LogP contribution in [0.1, 0.15) is 28.4 Å². The van der Waals surface area contributed by atoms with E-state index in [0.29, 0.717) is 29.5 Å². The first-order valence-corrected chi connectivity index (χ1v) is 9.06. The number of ketones is 1. The Morgan fingerprint density at radius 1 is 1.12 bits per heavy atom. The van der Waals surface area contributed by atoms with E-state index in [4.69, 9.17) is 10.2 Å². The van der Waals surface area contributed by atoms with Crippen molar-refractivity contribution in [2.75, 3.05) is 5.75 Å². The molecule has 0 atom stereocenters. The topological polar surface area (TPSA) is 104 Å². The number of primary amides is 1. The van der Waals surface area contributed by atoms with Crippen molar-refractivity contribution in [1.82, 2.24) is 14.8 Å². The molecule has 134 valence electrons. The Kier molecular flexibility index (Phi) is 5.85. The van der Waals surface area contributed by atoms with Gasteiger partial charge in [0.2, 0.25) is 5.91 Å². The second kappa shape index (κ2) is 8.48. The van der Waals surface area contributed by atoms with Crippen molar-refractivity contribution >= 4 is 23.5 Å². The number of rotatable bonds is 9. The van der Waals surface area contributed by atoms with Crippen molar-refractivity contribution < 1.29 is 14.0 Å². The lowest BCUT2D eigenvalue weighted by atomic mass is 10.2. The highest BCUT2D eigenvalue weighted by atomic mass is 32.2. The summed E-state index contributed by atoms with van der Waals surface area (Å²) in [7, 11) is 0. The van der Waals surface area contributed by atoms with E-state index >= 15 is 0 Å². The first-order chi connectivity index (χ1) is 12.6. The number of aromatic nitrogens is 3. The molecule has 0 aliphatic rings.